The van der Waals surface area contributed by atoms with Crippen molar-refractivity contribution in [1.82, 2.24) is 10.2 Å². The smallest absolute Gasteiger partial charge is 0.265 e. The fraction of sp³-hybridized carbons (Fsp3) is 0.692. The first-order valence-corrected chi connectivity index (χ1v) is 6.49. The van der Waals surface area contributed by atoms with Gasteiger partial charge in [0.05, 0.1) is 6.61 Å². The zero-order valence-electron chi connectivity index (χ0n) is 10.9. The van der Waals surface area contributed by atoms with Gasteiger partial charge in [0.15, 0.2) is 0 Å². The van der Waals surface area contributed by atoms with Crippen LogP contribution in [0.3, 0.4) is 0 Å². The van der Waals surface area contributed by atoms with E-state index >= 15 is 0 Å². The van der Waals surface area contributed by atoms with Gasteiger partial charge in [0, 0.05) is 25.3 Å². The van der Waals surface area contributed by atoms with Gasteiger partial charge in [0.1, 0.15) is 11.6 Å². The van der Waals surface area contributed by atoms with Crippen LogP contribution in [0.4, 0.5) is 0 Å². The zero-order valence-corrected chi connectivity index (χ0v) is 10.9. The zero-order chi connectivity index (χ0) is 13.4. The first-order valence-electron chi connectivity index (χ1n) is 6.49. The number of piperidine rings is 1. The van der Waals surface area contributed by atoms with Gasteiger partial charge >= 0.3 is 0 Å². The Labute approximate surface area is 108 Å². The lowest BCUT2D eigenvalue weighted by molar-refractivity contribution is -0.127. The van der Waals surface area contributed by atoms with Crippen LogP contribution in [0.1, 0.15) is 32.6 Å². The van der Waals surface area contributed by atoms with Crippen molar-refractivity contribution in [3.8, 4) is 6.07 Å². The molecule has 0 aliphatic carbocycles. The van der Waals surface area contributed by atoms with Crippen molar-refractivity contribution in [3.05, 3.63) is 11.8 Å². The third-order valence-electron chi connectivity index (χ3n) is 3.17. The summed E-state index contributed by atoms with van der Waals surface area (Å²) >= 11 is 0. The van der Waals surface area contributed by atoms with Gasteiger partial charge < -0.3 is 15.3 Å². The number of nitrogens with zero attached hydrogens (tertiary/aromatic N) is 2. The maximum absolute atomic E-state index is 12.1. The Kier molecular flexibility index (Phi) is 6.23. The number of aliphatic hydroxyl groups excluding tert-OH is 1. The SMILES string of the molecule is CCC(CO)N/C=C(/C#N)C(=O)N1CCCCC1. The second kappa shape index (κ2) is 7.72. The van der Waals surface area contributed by atoms with E-state index in [2.05, 4.69) is 5.32 Å². The molecular weight excluding hydrogens is 230 g/mol. The quantitative estimate of drug-likeness (QED) is 0.559. The minimum atomic E-state index is -0.211. The molecular formula is C13H21N3O2. The van der Waals surface area contributed by atoms with Crippen LogP contribution in [0.15, 0.2) is 11.8 Å². The highest BCUT2D eigenvalue weighted by Crippen LogP contribution is 2.11. The molecule has 0 spiro atoms. The standard InChI is InChI=1S/C13H21N3O2/c1-2-12(10-17)15-9-11(8-14)13(18)16-6-4-3-5-7-16/h9,12,15,17H,2-7,10H2,1H3/b11-9-. The summed E-state index contributed by atoms with van der Waals surface area (Å²) in [6, 6.07) is 1.82. The van der Waals surface area contributed by atoms with Gasteiger partial charge in [-0.15, -0.1) is 0 Å². The van der Waals surface area contributed by atoms with Gasteiger partial charge in [0.2, 0.25) is 0 Å². The van der Waals surface area contributed by atoms with Crippen LogP contribution in [0.25, 0.3) is 0 Å². The van der Waals surface area contributed by atoms with Crippen molar-refractivity contribution >= 4 is 5.91 Å². The number of rotatable bonds is 5. The Morgan fingerprint density at radius 1 is 1.50 bits per heavy atom. The van der Waals surface area contributed by atoms with E-state index in [-0.39, 0.29) is 24.1 Å². The Balaban J connectivity index is 2.61. The van der Waals surface area contributed by atoms with E-state index < -0.39 is 0 Å². The molecule has 1 rings (SSSR count). The van der Waals surface area contributed by atoms with Crippen molar-refractivity contribution in [2.45, 2.75) is 38.6 Å². The Bertz CT molecular complexity index is 337. The summed E-state index contributed by atoms with van der Waals surface area (Å²) in [5.74, 6) is -0.211. The number of likely N-dealkylation sites (tertiary alicyclic amines) is 1. The molecule has 18 heavy (non-hydrogen) atoms. The minimum Gasteiger partial charge on any atom is -0.394 e. The predicted octanol–water partition coefficient (Wildman–Crippen LogP) is 0.767. The van der Waals surface area contributed by atoms with Crippen molar-refractivity contribution in [1.29, 1.82) is 5.26 Å². The highest BCUT2D eigenvalue weighted by atomic mass is 16.3. The third-order valence-corrected chi connectivity index (χ3v) is 3.17. The fourth-order valence-corrected chi connectivity index (χ4v) is 1.91. The van der Waals surface area contributed by atoms with E-state index in [1.165, 1.54) is 6.20 Å². The summed E-state index contributed by atoms with van der Waals surface area (Å²) < 4.78 is 0. The van der Waals surface area contributed by atoms with Crippen LogP contribution in [0.2, 0.25) is 0 Å². The molecule has 0 saturated carbocycles. The van der Waals surface area contributed by atoms with Gasteiger partial charge in [-0.3, -0.25) is 4.79 Å². The van der Waals surface area contributed by atoms with Crippen LogP contribution in [-0.4, -0.2) is 41.7 Å². The molecule has 1 amide bonds. The summed E-state index contributed by atoms with van der Waals surface area (Å²) in [6.45, 7) is 3.38. The molecule has 0 aromatic carbocycles. The highest BCUT2D eigenvalue weighted by molar-refractivity contribution is 5.97. The molecule has 5 nitrogen and oxygen atoms in total. The Morgan fingerprint density at radius 3 is 2.67 bits per heavy atom. The molecule has 1 fully saturated rings. The number of amides is 1. The second-order valence-electron chi connectivity index (χ2n) is 4.48. The molecule has 1 unspecified atom stereocenters. The minimum absolute atomic E-state index is 0.0103. The average Bonchev–Trinajstić information content (AvgIpc) is 2.44. The molecule has 0 bridgehead atoms. The summed E-state index contributed by atoms with van der Waals surface area (Å²) in [4.78, 5) is 13.8. The lowest BCUT2D eigenvalue weighted by Crippen LogP contribution is -2.37. The summed E-state index contributed by atoms with van der Waals surface area (Å²) in [7, 11) is 0. The van der Waals surface area contributed by atoms with Crippen LogP contribution < -0.4 is 5.32 Å². The van der Waals surface area contributed by atoms with Gasteiger partial charge in [-0.2, -0.15) is 5.26 Å². The predicted molar refractivity (Wildman–Crippen MR) is 68.4 cm³/mol. The third kappa shape index (κ3) is 4.04. The molecule has 1 heterocycles. The monoisotopic (exact) mass is 251 g/mol. The summed E-state index contributed by atoms with van der Waals surface area (Å²) in [6.07, 6.45) is 5.33. The van der Waals surface area contributed by atoms with Gasteiger partial charge in [0.25, 0.3) is 5.91 Å². The van der Waals surface area contributed by atoms with Gasteiger partial charge in [-0.25, -0.2) is 0 Å². The average molecular weight is 251 g/mol. The molecule has 0 radical (unpaired) electrons. The fourth-order valence-electron chi connectivity index (χ4n) is 1.91. The van der Waals surface area contributed by atoms with E-state index in [4.69, 9.17) is 10.4 Å². The number of carbonyl (C=O) groups excluding carboxylic acids is 1. The first kappa shape index (κ1) is 14.5. The maximum atomic E-state index is 12.1. The molecule has 0 aromatic rings. The summed E-state index contributed by atoms with van der Waals surface area (Å²) in [5, 5.41) is 21.0. The van der Waals surface area contributed by atoms with E-state index in [0.29, 0.717) is 0 Å². The largest absolute Gasteiger partial charge is 0.394 e. The topological polar surface area (TPSA) is 76.4 Å². The Hall–Kier alpha value is -1.54. The Morgan fingerprint density at radius 2 is 2.17 bits per heavy atom. The van der Waals surface area contributed by atoms with Crippen molar-refractivity contribution in [2.75, 3.05) is 19.7 Å². The molecule has 5 heteroatoms. The molecule has 2 N–H and O–H groups in total. The van der Waals surface area contributed by atoms with E-state index in [1.807, 2.05) is 13.0 Å². The normalized spacial score (nSPS) is 18.1. The van der Waals surface area contributed by atoms with Crippen LogP contribution in [-0.2, 0) is 4.79 Å². The number of hydrogen-bond acceptors (Lipinski definition) is 4. The van der Waals surface area contributed by atoms with Crippen molar-refractivity contribution in [2.24, 2.45) is 0 Å². The highest BCUT2D eigenvalue weighted by Gasteiger charge is 2.20. The first-order chi connectivity index (χ1) is 8.72. The number of hydrogen-bond donors (Lipinski definition) is 2. The van der Waals surface area contributed by atoms with Gasteiger partial charge in [-0.1, -0.05) is 6.92 Å². The van der Waals surface area contributed by atoms with Crippen LogP contribution in [0, 0.1) is 11.3 Å². The van der Waals surface area contributed by atoms with Crippen LogP contribution >= 0.6 is 0 Å². The summed E-state index contributed by atoms with van der Waals surface area (Å²) in [5.41, 5.74) is 0.115. The lowest BCUT2D eigenvalue weighted by atomic mass is 10.1. The second-order valence-corrected chi connectivity index (χ2v) is 4.48. The lowest BCUT2D eigenvalue weighted by Gasteiger charge is -2.26. The molecule has 1 aliphatic rings. The van der Waals surface area contributed by atoms with E-state index in [9.17, 15) is 4.79 Å². The van der Waals surface area contributed by atoms with Crippen LogP contribution in [0.5, 0.6) is 0 Å². The maximum Gasteiger partial charge on any atom is 0.265 e. The van der Waals surface area contributed by atoms with E-state index in [0.717, 1.165) is 38.8 Å². The number of aliphatic hydroxyl groups is 1. The molecule has 0 aromatic heterocycles. The van der Waals surface area contributed by atoms with Gasteiger partial charge in [-0.05, 0) is 25.7 Å². The van der Waals surface area contributed by atoms with Crippen molar-refractivity contribution in [3.63, 3.8) is 0 Å². The molecule has 1 atom stereocenters. The number of nitrogens with one attached hydrogen (secondary N) is 1. The van der Waals surface area contributed by atoms with E-state index in [1.54, 1.807) is 4.90 Å². The van der Waals surface area contributed by atoms with Crippen molar-refractivity contribution < 1.29 is 9.90 Å². The molecule has 1 saturated heterocycles. The molecule has 100 valence electrons. The molecule has 1 aliphatic heterocycles. The number of carbonyl (C=O) groups is 1. The number of nitriles is 1.